The molecule has 4 rings (SSSR count). The molecule has 0 aliphatic carbocycles. The summed E-state index contributed by atoms with van der Waals surface area (Å²) in [5.41, 5.74) is 0.475. The third kappa shape index (κ3) is 6.12. The Hall–Kier alpha value is -4.17. The van der Waals surface area contributed by atoms with Gasteiger partial charge in [-0.25, -0.2) is 0 Å². The smallest absolute Gasteiger partial charge is 0.306 e. The fourth-order valence-electron chi connectivity index (χ4n) is 3.96. The monoisotopic (exact) mass is 546 g/mol. The molecule has 0 amide bonds. The third-order valence-electron chi connectivity index (χ3n) is 6.10. The topological polar surface area (TPSA) is 202 Å². The van der Waals surface area contributed by atoms with Gasteiger partial charge < -0.3 is 48.9 Å². The zero-order valence-electron chi connectivity index (χ0n) is 20.6. The van der Waals surface area contributed by atoms with E-state index in [-0.39, 0.29) is 39.2 Å². The highest BCUT2D eigenvalue weighted by Crippen LogP contribution is 2.35. The largest absolute Gasteiger partial charge is 0.508 e. The average Bonchev–Trinajstić information content (AvgIpc) is 2.92. The lowest BCUT2D eigenvalue weighted by molar-refractivity contribution is -0.278. The van der Waals surface area contributed by atoms with E-state index in [2.05, 4.69) is 0 Å². The van der Waals surface area contributed by atoms with Gasteiger partial charge >= 0.3 is 11.9 Å². The van der Waals surface area contributed by atoms with Gasteiger partial charge in [-0.1, -0.05) is 12.1 Å². The first-order chi connectivity index (χ1) is 18.6. The van der Waals surface area contributed by atoms with Gasteiger partial charge in [0.05, 0.1) is 30.9 Å². The van der Waals surface area contributed by atoms with E-state index in [4.69, 9.17) is 28.5 Å². The van der Waals surface area contributed by atoms with Gasteiger partial charge in [0.25, 0.3) is 0 Å². The number of aromatic hydroxyl groups is 1. The molecular weight excluding hydrogens is 520 g/mol. The van der Waals surface area contributed by atoms with Crippen molar-refractivity contribution in [2.75, 3.05) is 13.7 Å². The fourth-order valence-corrected chi connectivity index (χ4v) is 3.96. The Morgan fingerprint density at radius 3 is 2.36 bits per heavy atom. The summed E-state index contributed by atoms with van der Waals surface area (Å²) in [6.45, 7) is -0.549. The van der Waals surface area contributed by atoms with Crippen LogP contribution in [0.25, 0.3) is 22.1 Å². The van der Waals surface area contributed by atoms with Crippen molar-refractivity contribution >= 4 is 22.9 Å². The number of aliphatic carboxylic acids is 1. The molecule has 13 heteroatoms. The Balaban J connectivity index is 1.56. The Morgan fingerprint density at radius 1 is 0.974 bits per heavy atom. The minimum Gasteiger partial charge on any atom is -0.508 e. The van der Waals surface area contributed by atoms with Gasteiger partial charge in [-0.15, -0.1) is 0 Å². The van der Waals surface area contributed by atoms with Crippen molar-refractivity contribution in [3.8, 4) is 28.4 Å². The second-order valence-corrected chi connectivity index (χ2v) is 8.73. The summed E-state index contributed by atoms with van der Waals surface area (Å²) >= 11 is 0. The molecule has 5 unspecified atom stereocenters. The zero-order valence-corrected chi connectivity index (χ0v) is 20.6. The van der Waals surface area contributed by atoms with Gasteiger partial charge in [-0.2, -0.15) is 0 Å². The summed E-state index contributed by atoms with van der Waals surface area (Å²) in [6, 6.07) is 8.67. The number of rotatable bonds is 9. The standard InChI is InChI=1S/C26H26O13/c1-35-17-8-14-16(36-10-15(22(14)31)12-2-4-13(27)5-3-12)9-18(17)38-26-25(34)24(33)23(32)19(39-26)11-37-21(30)7-6-20(28)29/h2-5,8-10,19,23-27,32-34H,6-7,11H2,1H3,(H,28,29). The van der Waals surface area contributed by atoms with Crippen LogP contribution in [0.5, 0.6) is 17.2 Å². The van der Waals surface area contributed by atoms with Crippen molar-refractivity contribution in [3.05, 3.63) is 52.9 Å². The maximum Gasteiger partial charge on any atom is 0.306 e. The lowest BCUT2D eigenvalue weighted by atomic mass is 9.99. The highest BCUT2D eigenvalue weighted by atomic mass is 16.7. The summed E-state index contributed by atoms with van der Waals surface area (Å²) < 4.78 is 27.2. The number of carbonyl (C=O) groups is 2. The number of aliphatic hydroxyl groups is 3. The van der Waals surface area contributed by atoms with Crippen LogP contribution in [-0.2, 0) is 19.1 Å². The molecule has 1 fully saturated rings. The molecule has 0 radical (unpaired) electrons. The Kier molecular flexibility index (Phi) is 8.35. The van der Waals surface area contributed by atoms with Crippen LogP contribution in [0.15, 0.2) is 51.9 Å². The van der Waals surface area contributed by atoms with Crippen molar-refractivity contribution in [3.63, 3.8) is 0 Å². The number of carboxylic acid groups (broad SMARTS) is 1. The molecule has 0 saturated carbocycles. The number of carboxylic acids is 1. The number of methoxy groups -OCH3 is 1. The Bertz CT molecular complexity index is 1400. The number of aliphatic hydroxyl groups excluding tert-OH is 3. The minimum atomic E-state index is -1.75. The predicted molar refractivity (Wildman–Crippen MR) is 131 cm³/mol. The first-order valence-electron chi connectivity index (χ1n) is 11.8. The zero-order chi connectivity index (χ0) is 28.3. The SMILES string of the molecule is COc1cc2c(=O)c(-c3ccc(O)cc3)coc2cc1OC1OC(COC(=O)CCC(=O)O)C(O)C(O)C1O. The molecule has 2 aromatic carbocycles. The number of esters is 1. The lowest BCUT2D eigenvalue weighted by Crippen LogP contribution is -2.60. The molecule has 1 aliphatic rings. The van der Waals surface area contributed by atoms with E-state index in [1.165, 1.54) is 37.6 Å². The first kappa shape index (κ1) is 27.9. The van der Waals surface area contributed by atoms with Crippen LogP contribution >= 0.6 is 0 Å². The third-order valence-corrected chi connectivity index (χ3v) is 6.10. The number of phenolic OH excluding ortho intramolecular Hbond substituents is 1. The van der Waals surface area contributed by atoms with E-state index in [0.29, 0.717) is 5.56 Å². The first-order valence-corrected chi connectivity index (χ1v) is 11.8. The second kappa shape index (κ2) is 11.7. The van der Waals surface area contributed by atoms with Gasteiger partial charge in [0, 0.05) is 6.07 Å². The Morgan fingerprint density at radius 2 is 1.69 bits per heavy atom. The van der Waals surface area contributed by atoms with Crippen LogP contribution in [0, 0.1) is 0 Å². The van der Waals surface area contributed by atoms with Crippen molar-refractivity contribution in [2.45, 2.75) is 43.5 Å². The number of fused-ring (bicyclic) bond motifs is 1. The average molecular weight is 546 g/mol. The summed E-state index contributed by atoms with van der Waals surface area (Å²) in [5, 5.41) is 49.3. The summed E-state index contributed by atoms with van der Waals surface area (Å²) in [7, 11) is 1.32. The summed E-state index contributed by atoms with van der Waals surface area (Å²) in [6.07, 6.45) is -7.63. The summed E-state index contributed by atoms with van der Waals surface area (Å²) in [4.78, 5) is 35.5. The van der Waals surface area contributed by atoms with E-state index in [1.54, 1.807) is 12.1 Å². The number of hydrogen-bond acceptors (Lipinski definition) is 12. The number of ether oxygens (including phenoxy) is 4. The summed E-state index contributed by atoms with van der Waals surface area (Å²) in [5.74, 6) is -1.98. The van der Waals surface area contributed by atoms with Crippen molar-refractivity contribution in [2.24, 2.45) is 0 Å². The number of benzene rings is 2. The molecule has 2 heterocycles. The van der Waals surface area contributed by atoms with Crippen LogP contribution in [0.1, 0.15) is 12.8 Å². The van der Waals surface area contributed by atoms with Gasteiger partial charge in [0.1, 0.15) is 48.6 Å². The molecule has 0 spiro atoms. The maximum atomic E-state index is 13.1. The van der Waals surface area contributed by atoms with Gasteiger partial charge in [-0.3, -0.25) is 14.4 Å². The molecule has 13 nitrogen and oxygen atoms in total. The van der Waals surface area contributed by atoms with E-state index < -0.39 is 62.1 Å². The molecule has 1 aromatic heterocycles. The van der Waals surface area contributed by atoms with E-state index >= 15 is 0 Å². The van der Waals surface area contributed by atoms with Crippen molar-refractivity contribution in [1.29, 1.82) is 0 Å². The van der Waals surface area contributed by atoms with Gasteiger partial charge in [-0.05, 0) is 23.8 Å². The van der Waals surface area contributed by atoms with Crippen LogP contribution in [0.2, 0.25) is 0 Å². The van der Waals surface area contributed by atoms with Gasteiger partial charge in [0.15, 0.2) is 11.5 Å². The minimum absolute atomic E-state index is 0.0321. The second-order valence-electron chi connectivity index (χ2n) is 8.73. The molecular formula is C26H26O13. The molecule has 1 saturated heterocycles. The molecule has 3 aromatic rings. The molecule has 5 N–H and O–H groups in total. The van der Waals surface area contributed by atoms with Crippen molar-refractivity contribution < 1.29 is 58.5 Å². The van der Waals surface area contributed by atoms with E-state index in [0.717, 1.165) is 0 Å². The normalized spacial score (nSPS) is 22.8. The van der Waals surface area contributed by atoms with Crippen molar-refractivity contribution in [1.82, 2.24) is 0 Å². The molecule has 39 heavy (non-hydrogen) atoms. The molecule has 208 valence electrons. The number of phenols is 1. The van der Waals surface area contributed by atoms with E-state index in [1.807, 2.05) is 0 Å². The Labute approximate surface area is 220 Å². The lowest BCUT2D eigenvalue weighted by Gasteiger charge is -2.40. The fraction of sp³-hybridized carbons (Fsp3) is 0.346. The molecule has 1 aliphatic heterocycles. The number of hydrogen-bond donors (Lipinski definition) is 5. The van der Waals surface area contributed by atoms with E-state index in [9.17, 15) is 34.8 Å². The molecule has 0 bridgehead atoms. The maximum absolute atomic E-state index is 13.1. The highest BCUT2D eigenvalue weighted by molar-refractivity contribution is 5.84. The highest BCUT2D eigenvalue weighted by Gasteiger charge is 2.45. The van der Waals surface area contributed by atoms with Gasteiger partial charge in [0.2, 0.25) is 11.7 Å². The van der Waals surface area contributed by atoms with Crippen LogP contribution in [0.3, 0.4) is 0 Å². The quantitative estimate of drug-likeness (QED) is 0.236. The van der Waals surface area contributed by atoms with Crippen LogP contribution in [0.4, 0.5) is 0 Å². The molecule has 5 atom stereocenters. The number of carbonyl (C=O) groups excluding carboxylic acids is 1. The predicted octanol–water partition coefficient (Wildman–Crippen LogP) is 0.769. The van der Waals surface area contributed by atoms with Crippen LogP contribution < -0.4 is 14.9 Å². The van der Waals surface area contributed by atoms with Crippen LogP contribution in [-0.4, -0.2) is 81.9 Å².